The van der Waals surface area contributed by atoms with E-state index in [9.17, 15) is 19.7 Å². The van der Waals surface area contributed by atoms with Crippen molar-refractivity contribution in [2.45, 2.75) is 26.6 Å². The van der Waals surface area contributed by atoms with Gasteiger partial charge in [0.1, 0.15) is 5.69 Å². The Morgan fingerprint density at radius 2 is 1.82 bits per heavy atom. The highest BCUT2D eigenvalue weighted by molar-refractivity contribution is 6.15. The molecule has 2 fully saturated rings. The van der Waals surface area contributed by atoms with Gasteiger partial charge in [-0.15, -0.1) is 0 Å². The van der Waals surface area contributed by atoms with E-state index in [1.54, 1.807) is 13.0 Å². The van der Waals surface area contributed by atoms with Crippen LogP contribution in [0.25, 0.3) is 0 Å². The zero-order valence-corrected chi connectivity index (χ0v) is 15.9. The molecule has 0 amide bonds. The lowest BCUT2D eigenvalue weighted by atomic mass is 10.1. The summed E-state index contributed by atoms with van der Waals surface area (Å²) in [6.07, 6.45) is 1.20. The number of nitrogens with zero attached hydrogens (tertiary/aromatic N) is 2. The lowest BCUT2D eigenvalue weighted by Gasteiger charge is -2.30. The van der Waals surface area contributed by atoms with E-state index >= 15 is 0 Å². The largest absolute Gasteiger partial charge is 0.419 e. The summed E-state index contributed by atoms with van der Waals surface area (Å²) in [5.41, 5.74) is 1.35. The molecule has 2 N–H and O–H groups in total. The molecule has 3 rings (SSSR count). The van der Waals surface area contributed by atoms with E-state index < -0.39 is 22.6 Å². The molecule has 10 nitrogen and oxygen atoms in total. The van der Waals surface area contributed by atoms with Crippen molar-refractivity contribution in [2.75, 3.05) is 36.4 Å². The summed E-state index contributed by atoms with van der Waals surface area (Å²) >= 11 is 0. The van der Waals surface area contributed by atoms with Gasteiger partial charge in [-0.3, -0.25) is 10.1 Å². The molecule has 0 aliphatic carbocycles. The SMILES string of the molecule is Cc1cc([N+](=O)[O-])c(N2CCNCC2)cc1NC=C1C(=O)OC(C)(C)OC1=O. The normalized spacial score (nSPS) is 19.0. The fourth-order valence-electron chi connectivity index (χ4n) is 3.07. The highest BCUT2D eigenvalue weighted by Crippen LogP contribution is 2.34. The number of cyclic esters (lactones) is 2. The number of nitro benzene ring substituents is 1. The first-order valence-electron chi connectivity index (χ1n) is 8.86. The number of benzene rings is 1. The molecule has 0 bridgehead atoms. The fraction of sp³-hybridized carbons (Fsp3) is 0.444. The minimum Gasteiger partial charge on any atom is -0.419 e. The van der Waals surface area contributed by atoms with Crippen LogP contribution >= 0.6 is 0 Å². The Morgan fingerprint density at radius 3 is 2.39 bits per heavy atom. The third-order valence-corrected chi connectivity index (χ3v) is 4.46. The number of esters is 2. The number of carbonyl (C=O) groups is 2. The molecule has 10 heteroatoms. The summed E-state index contributed by atoms with van der Waals surface area (Å²) < 4.78 is 10.1. The summed E-state index contributed by atoms with van der Waals surface area (Å²) in [4.78, 5) is 37.1. The molecule has 0 spiro atoms. The van der Waals surface area contributed by atoms with Crippen LogP contribution in [-0.2, 0) is 19.1 Å². The number of hydrogen-bond donors (Lipinski definition) is 2. The zero-order chi connectivity index (χ0) is 20.5. The quantitative estimate of drug-likeness (QED) is 0.258. The first-order valence-corrected chi connectivity index (χ1v) is 8.86. The van der Waals surface area contributed by atoms with E-state index in [0.29, 0.717) is 30.0 Å². The maximum absolute atomic E-state index is 12.0. The van der Waals surface area contributed by atoms with Gasteiger partial charge in [0.25, 0.3) is 11.5 Å². The molecule has 2 saturated heterocycles. The summed E-state index contributed by atoms with van der Waals surface area (Å²) in [5.74, 6) is -2.91. The molecule has 1 aromatic carbocycles. The van der Waals surface area contributed by atoms with Gasteiger partial charge in [0.2, 0.25) is 0 Å². The molecule has 1 aromatic rings. The molecular weight excluding hydrogens is 368 g/mol. The molecule has 0 aromatic heterocycles. The predicted octanol–water partition coefficient (Wildman–Crippen LogP) is 1.44. The van der Waals surface area contributed by atoms with Crippen LogP contribution in [0.1, 0.15) is 19.4 Å². The molecule has 0 unspecified atom stereocenters. The van der Waals surface area contributed by atoms with Gasteiger partial charge in [-0.25, -0.2) is 9.59 Å². The van der Waals surface area contributed by atoms with E-state index in [-0.39, 0.29) is 11.3 Å². The van der Waals surface area contributed by atoms with Crippen molar-refractivity contribution in [3.05, 3.63) is 39.6 Å². The predicted molar refractivity (Wildman–Crippen MR) is 101 cm³/mol. The summed E-state index contributed by atoms with van der Waals surface area (Å²) in [6, 6.07) is 3.12. The monoisotopic (exact) mass is 390 g/mol. The molecule has 0 saturated carbocycles. The van der Waals surface area contributed by atoms with Gasteiger partial charge in [0, 0.05) is 58.0 Å². The molecule has 0 radical (unpaired) electrons. The average Bonchev–Trinajstić information content (AvgIpc) is 2.61. The minimum atomic E-state index is -1.32. The second-order valence-corrected chi connectivity index (χ2v) is 7.03. The van der Waals surface area contributed by atoms with E-state index in [1.807, 2.05) is 4.90 Å². The van der Waals surface area contributed by atoms with Crippen LogP contribution in [0, 0.1) is 17.0 Å². The zero-order valence-electron chi connectivity index (χ0n) is 15.9. The molecule has 28 heavy (non-hydrogen) atoms. The molecular formula is C18H22N4O6. The number of nitrogens with one attached hydrogen (secondary N) is 2. The Bertz CT molecular complexity index is 836. The van der Waals surface area contributed by atoms with Crippen molar-refractivity contribution in [1.29, 1.82) is 0 Å². The number of ether oxygens (including phenoxy) is 2. The number of anilines is 2. The Hall–Kier alpha value is -3.14. The molecule has 2 aliphatic heterocycles. The first-order chi connectivity index (χ1) is 13.2. The van der Waals surface area contributed by atoms with Crippen molar-refractivity contribution < 1.29 is 24.0 Å². The number of piperazine rings is 1. The highest BCUT2D eigenvalue weighted by atomic mass is 16.7. The second-order valence-electron chi connectivity index (χ2n) is 7.03. The van der Waals surface area contributed by atoms with E-state index in [1.165, 1.54) is 26.1 Å². The fourth-order valence-corrected chi connectivity index (χ4v) is 3.07. The van der Waals surface area contributed by atoms with Crippen molar-refractivity contribution >= 4 is 29.0 Å². The van der Waals surface area contributed by atoms with Gasteiger partial charge >= 0.3 is 11.9 Å². The number of aryl methyl sites for hydroxylation is 1. The van der Waals surface area contributed by atoms with Crippen LogP contribution in [0.5, 0.6) is 0 Å². The third kappa shape index (κ3) is 4.06. The van der Waals surface area contributed by atoms with Gasteiger partial charge in [-0.1, -0.05) is 0 Å². The first kappa shape index (κ1) is 19.6. The average molecular weight is 390 g/mol. The molecule has 0 atom stereocenters. The Kier molecular flexibility index (Phi) is 5.23. The van der Waals surface area contributed by atoms with Crippen molar-refractivity contribution in [1.82, 2.24) is 5.32 Å². The number of rotatable bonds is 4. The number of hydrogen-bond acceptors (Lipinski definition) is 9. The van der Waals surface area contributed by atoms with Gasteiger partial charge in [-0.05, 0) is 18.6 Å². The van der Waals surface area contributed by atoms with Crippen molar-refractivity contribution in [2.24, 2.45) is 0 Å². The van der Waals surface area contributed by atoms with Gasteiger partial charge < -0.3 is 25.0 Å². The van der Waals surface area contributed by atoms with E-state index in [0.717, 1.165) is 13.1 Å². The maximum atomic E-state index is 12.0. The van der Waals surface area contributed by atoms with Crippen LogP contribution in [0.2, 0.25) is 0 Å². The van der Waals surface area contributed by atoms with Gasteiger partial charge in [-0.2, -0.15) is 0 Å². The number of nitro groups is 1. The summed E-state index contributed by atoms with van der Waals surface area (Å²) in [6.45, 7) is 7.36. The Morgan fingerprint density at radius 1 is 1.21 bits per heavy atom. The van der Waals surface area contributed by atoms with Crippen molar-refractivity contribution in [3.63, 3.8) is 0 Å². The Balaban J connectivity index is 1.91. The van der Waals surface area contributed by atoms with Crippen LogP contribution < -0.4 is 15.5 Å². The summed E-state index contributed by atoms with van der Waals surface area (Å²) in [5, 5.41) is 17.6. The Labute approximate surface area is 161 Å². The van der Waals surface area contributed by atoms with Crippen LogP contribution in [0.4, 0.5) is 17.1 Å². The maximum Gasteiger partial charge on any atom is 0.350 e. The van der Waals surface area contributed by atoms with Crippen molar-refractivity contribution in [3.8, 4) is 0 Å². The molecule has 2 heterocycles. The molecule has 2 aliphatic rings. The molecule has 150 valence electrons. The highest BCUT2D eigenvalue weighted by Gasteiger charge is 2.39. The van der Waals surface area contributed by atoms with Gasteiger partial charge in [0.15, 0.2) is 5.57 Å². The van der Waals surface area contributed by atoms with Crippen LogP contribution in [-0.4, -0.2) is 48.8 Å². The second kappa shape index (κ2) is 7.47. The smallest absolute Gasteiger partial charge is 0.350 e. The lowest BCUT2D eigenvalue weighted by molar-refractivity contribution is -0.384. The van der Waals surface area contributed by atoms with E-state index in [2.05, 4.69) is 10.6 Å². The lowest BCUT2D eigenvalue weighted by Crippen LogP contribution is -2.43. The topological polar surface area (TPSA) is 123 Å². The van der Waals surface area contributed by atoms with Crippen LogP contribution in [0.3, 0.4) is 0 Å². The van der Waals surface area contributed by atoms with Gasteiger partial charge in [0.05, 0.1) is 4.92 Å². The van der Waals surface area contributed by atoms with E-state index in [4.69, 9.17) is 9.47 Å². The third-order valence-electron chi connectivity index (χ3n) is 4.46. The standard InChI is InChI=1S/C18H22N4O6/c1-11-8-15(22(25)26)14(21-6-4-19-5-7-21)9-13(11)20-10-12-16(23)27-18(2,3)28-17(12)24/h8-10,19-20H,4-7H2,1-3H3. The summed E-state index contributed by atoms with van der Waals surface area (Å²) in [7, 11) is 0. The number of carbonyl (C=O) groups excluding carboxylic acids is 2. The van der Waals surface area contributed by atoms with Crippen LogP contribution in [0.15, 0.2) is 23.9 Å². The minimum absolute atomic E-state index is 0.0100.